The molecular formula is C23H23FN4O5. The third-order valence-corrected chi connectivity index (χ3v) is 5.10. The van der Waals surface area contributed by atoms with Crippen molar-refractivity contribution in [3.63, 3.8) is 0 Å². The lowest BCUT2D eigenvalue weighted by Crippen LogP contribution is -2.23. The lowest BCUT2D eigenvalue weighted by Gasteiger charge is -2.15. The molecule has 0 spiro atoms. The molecule has 1 aliphatic rings. The number of carbonyl (C=O) groups excluding carboxylic acids is 2. The largest absolute Gasteiger partial charge is 0.489 e. The summed E-state index contributed by atoms with van der Waals surface area (Å²) in [5.41, 5.74) is 8.04. The topological polar surface area (TPSA) is 120 Å². The van der Waals surface area contributed by atoms with Crippen LogP contribution < -0.4 is 20.7 Å². The maximum Gasteiger partial charge on any atom is 0.404 e. The Morgan fingerprint density at radius 1 is 1.24 bits per heavy atom. The first kappa shape index (κ1) is 22.1. The van der Waals surface area contributed by atoms with E-state index < -0.39 is 6.09 Å². The number of rotatable bonds is 9. The minimum absolute atomic E-state index is 0.118. The molecule has 0 radical (unpaired) electrons. The molecule has 1 aromatic heterocycles. The van der Waals surface area contributed by atoms with Gasteiger partial charge < -0.3 is 29.8 Å². The molecule has 172 valence electrons. The fraction of sp³-hybridized carbons (Fsp3) is 0.261. The van der Waals surface area contributed by atoms with E-state index in [0.29, 0.717) is 42.2 Å². The fourth-order valence-electron chi connectivity index (χ4n) is 3.41. The molecule has 2 heterocycles. The van der Waals surface area contributed by atoms with Gasteiger partial charge in [0.15, 0.2) is 5.58 Å². The van der Waals surface area contributed by atoms with Gasteiger partial charge in [-0.3, -0.25) is 4.79 Å². The van der Waals surface area contributed by atoms with Crippen molar-refractivity contribution in [2.75, 3.05) is 30.0 Å². The van der Waals surface area contributed by atoms with Crippen molar-refractivity contribution in [1.29, 1.82) is 0 Å². The van der Waals surface area contributed by atoms with Gasteiger partial charge in [0.05, 0.1) is 6.33 Å². The van der Waals surface area contributed by atoms with E-state index in [0.717, 1.165) is 24.2 Å². The van der Waals surface area contributed by atoms with Gasteiger partial charge in [-0.15, -0.1) is 0 Å². The monoisotopic (exact) mass is 454 g/mol. The van der Waals surface area contributed by atoms with E-state index in [1.807, 2.05) is 24.3 Å². The molecular weight excluding hydrogens is 431 g/mol. The molecule has 1 aliphatic heterocycles. The Kier molecular flexibility index (Phi) is 6.72. The number of aromatic nitrogens is 1. The molecule has 10 heteroatoms. The van der Waals surface area contributed by atoms with E-state index in [1.165, 1.54) is 0 Å². The standard InChI is InChI=1S/C23H23FN4O5/c24-11-16(14-32-22(25)30)13-31-18-7-8-19-20(10-18)33-23(27-19)26-12-15-3-5-17(6-4-15)28-9-1-2-21(28)29/h3-8,10-11H,1-2,9,12-14H2,(H2,25,30)(H,26,27)/b16-11-. The van der Waals surface area contributed by atoms with Crippen LogP contribution in [0.25, 0.3) is 11.1 Å². The Morgan fingerprint density at radius 3 is 2.76 bits per heavy atom. The smallest absolute Gasteiger partial charge is 0.404 e. The molecule has 4 rings (SSSR count). The number of amides is 2. The number of nitrogens with one attached hydrogen (secondary N) is 1. The number of primary amides is 1. The highest BCUT2D eigenvalue weighted by atomic mass is 19.1. The van der Waals surface area contributed by atoms with Crippen molar-refractivity contribution in [1.82, 2.24) is 4.98 Å². The predicted molar refractivity (Wildman–Crippen MR) is 120 cm³/mol. The molecule has 2 amide bonds. The number of halogens is 1. The highest BCUT2D eigenvalue weighted by molar-refractivity contribution is 5.95. The first-order valence-electron chi connectivity index (χ1n) is 10.4. The van der Waals surface area contributed by atoms with Crippen molar-refractivity contribution in [3.8, 4) is 5.75 Å². The van der Waals surface area contributed by atoms with Crippen molar-refractivity contribution >= 4 is 34.8 Å². The number of nitrogens with zero attached hydrogens (tertiary/aromatic N) is 2. The van der Waals surface area contributed by atoms with Crippen LogP contribution in [0, 0.1) is 0 Å². The Hall–Kier alpha value is -4.08. The lowest BCUT2D eigenvalue weighted by atomic mass is 10.2. The van der Waals surface area contributed by atoms with Crippen molar-refractivity contribution in [2.24, 2.45) is 5.73 Å². The molecule has 0 unspecified atom stereocenters. The van der Waals surface area contributed by atoms with E-state index in [4.69, 9.17) is 14.9 Å². The lowest BCUT2D eigenvalue weighted by molar-refractivity contribution is -0.117. The van der Waals surface area contributed by atoms with Crippen LogP contribution in [0.1, 0.15) is 18.4 Å². The molecule has 3 N–H and O–H groups in total. The van der Waals surface area contributed by atoms with Crippen LogP contribution in [0.3, 0.4) is 0 Å². The van der Waals surface area contributed by atoms with Crippen molar-refractivity contribution in [2.45, 2.75) is 19.4 Å². The fourth-order valence-corrected chi connectivity index (χ4v) is 3.41. The van der Waals surface area contributed by atoms with E-state index in [1.54, 1.807) is 23.1 Å². The maximum absolute atomic E-state index is 12.9. The SMILES string of the molecule is NC(=O)OC/C(=C\F)COc1ccc2nc(NCc3ccc(N4CCCC4=O)cc3)oc2c1. The number of nitrogens with two attached hydrogens (primary N) is 1. The van der Waals surface area contributed by atoms with Gasteiger partial charge in [-0.2, -0.15) is 4.98 Å². The average molecular weight is 454 g/mol. The summed E-state index contributed by atoms with van der Waals surface area (Å²) in [6.07, 6.45) is 0.818. The molecule has 1 saturated heterocycles. The summed E-state index contributed by atoms with van der Waals surface area (Å²) in [7, 11) is 0. The minimum Gasteiger partial charge on any atom is -0.489 e. The van der Waals surface area contributed by atoms with E-state index in [9.17, 15) is 14.0 Å². The van der Waals surface area contributed by atoms with Gasteiger partial charge in [0.2, 0.25) is 5.91 Å². The third-order valence-electron chi connectivity index (χ3n) is 5.10. The maximum atomic E-state index is 12.9. The summed E-state index contributed by atoms with van der Waals surface area (Å²) < 4.78 is 28.7. The van der Waals surface area contributed by atoms with Gasteiger partial charge in [-0.05, 0) is 36.2 Å². The van der Waals surface area contributed by atoms with Gasteiger partial charge in [0.25, 0.3) is 6.01 Å². The first-order valence-corrected chi connectivity index (χ1v) is 10.4. The molecule has 9 nitrogen and oxygen atoms in total. The Morgan fingerprint density at radius 2 is 2.06 bits per heavy atom. The second kappa shape index (κ2) is 10.0. The number of ether oxygens (including phenoxy) is 2. The zero-order valence-electron chi connectivity index (χ0n) is 17.8. The number of carbonyl (C=O) groups is 2. The number of hydrogen-bond donors (Lipinski definition) is 2. The highest BCUT2D eigenvalue weighted by Gasteiger charge is 2.21. The summed E-state index contributed by atoms with van der Waals surface area (Å²) in [5.74, 6) is 0.599. The Labute approximate surface area is 189 Å². The zero-order valence-corrected chi connectivity index (χ0v) is 17.8. The van der Waals surface area contributed by atoms with Crippen LogP contribution in [0.4, 0.5) is 20.9 Å². The Bertz CT molecular complexity index is 1180. The summed E-state index contributed by atoms with van der Waals surface area (Å²) >= 11 is 0. The minimum atomic E-state index is -0.991. The zero-order chi connectivity index (χ0) is 23.2. The van der Waals surface area contributed by atoms with Crippen LogP contribution >= 0.6 is 0 Å². The van der Waals surface area contributed by atoms with Crippen molar-refractivity contribution < 1.29 is 27.9 Å². The van der Waals surface area contributed by atoms with Crippen LogP contribution in [-0.4, -0.2) is 36.7 Å². The normalized spacial score (nSPS) is 14.0. The van der Waals surface area contributed by atoms with E-state index in [2.05, 4.69) is 15.0 Å². The third kappa shape index (κ3) is 5.59. The van der Waals surface area contributed by atoms with Gasteiger partial charge in [-0.1, -0.05) is 12.1 Å². The number of benzene rings is 2. The number of anilines is 2. The van der Waals surface area contributed by atoms with Crippen LogP contribution in [-0.2, 0) is 16.1 Å². The summed E-state index contributed by atoms with van der Waals surface area (Å²) in [4.78, 5) is 28.7. The molecule has 0 bridgehead atoms. The van der Waals surface area contributed by atoms with E-state index in [-0.39, 0.29) is 24.7 Å². The first-order chi connectivity index (χ1) is 16.0. The quantitative estimate of drug-likeness (QED) is 0.503. The molecule has 3 aromatic rings. The molecule has 1 fully saturated rings. The summed E-state index contributed by atoms with van der Waals surface area (Å²) in [6.45, 7) is 0.847. The van der Waals surface area contributed by atoms with Gasteiger partial charge in [0, 0.05) is 36.8 Å². The number of hydrogen-bond acceptors (Lipinski definition) is 7. The Balaban J connectivity index is 1.33. The summed E-state index contributed by atoms with van der Waals surface area (Å²) in [5, 5.41) is 3.14. The average Bonchev–Trinajstić information content (AvgIpc) is 3.43. The second-order valence-electron chi connectivity index (χ2n) is 7.48. The summed E-state index contributed by atoms with van der Waals surface area (Å²) in [6, 6.07) is 13.2. The van der Waals surface area contributed by atoms with E-state index >= 15 is 0 Å². The highest BCUT2D eigenvalue weighted by Crippen LogP contribution is 2.25. The molecule has 0 atom stereocenters. The van der Waals surface area contributed by atoms with Gasteiger partial charge in [0.1, 0.15) is 24.5 Å². The van der Waals surface area contributed by atoms with Crippen LogP contribution in [0.2, 0.25) is 0 Å². The molecule has 0 saturated carbocycles. The second-order valence-corrected chi connectivity index (χ2v) is 7.48. The van der Waals surface area contributed by atoms with Crippen LogP contribution in [0.15, 0.2) is 58.8 Å². The predicted octanol–water partition coefficient (Wildman–Crippen LogP) is 3.89. The molecule has 33 heavy (non-hydrogen) atoms. The molecule has 0 aliphatic carbocycles. The van der Waals surface area contributed by atoms with Gasteiger partial charge >= 0.3 is 6.09 Å². The number of fused-ring (bicyclic) bond motifs is 1. The number of oxazole rings is 1. The van der Waals surface area contributed by atoms with Gasteiger partial charge in [-0.25, -0.2) is 9.18 Å². The van der Waals surface area contributed by atoms with Crippen LogP contribution in [0.5, 0.6) is 5.75 Å². The van der Waals surface area contributed by atoms with Crippen molar-refractivity contribution in [3.05, 3.63) is 59.9 Å². The molecule has 2 aromatic carbocycles.